The van der Waals surface area contributed by atoms with Crippen molar-refractivity contribution in [1.82, 2.24) is 20.8 Å². The number of rotatable bonds is 3. The Morgan fingerprint density at radius 2 is 1.96 bits per heavy atom. The minimum absolute atomic E-state index is 0. The predicted molar refractivity (Wildman–Crippen MR) is 103 cm³/mol. The zero-order valence-electron chi connectivity index (χ0n) is 15.6. The number of urea groups is 1. The van der Waals surface area contributed by atoms with Gasteiger partial charge in [-0.15, -0.1) is 5.10 Å². The molecule has 2 heterocycles. The summed E-state index contributed by atoms with van der Waals surface area (Å²) < 4.78 is 26.1. The fourth-order valence-corrected chi connectivity index (χ4v) is 2.70. The number of aryl methyl sites for hydroxylation is 1. The summed E-state index contributed by atoms with van der Waals surface area (Å²) in [4.78, 5) is 13.1. The van der Waals surface area contributed by atoms with Crippen molar-refractivity contribution in [2.75, 3.05) is 25.0 Å². The number of hydrogen-bond acceptors (Lipinski definition) is 4. The average Bonchev–Trinajstić information content (AvgIpc) is 2.71. The Hall–Kier alpha value is -2.77. The Kier molecular flexibility index (Phi) is 7.91. The van der Waals surface area contributed by atoms with Gasteiger partial charge in [-0.1, -0.05) is 0 Å². The number of benzene rings is 1. The molecule has 148 valence electrons. The van der Waals surface area contributed by atoms with E-state index in [2.05, 4.69) is 25.7 Å². The van der Waals surface area contributed by atoms with Crippen LogP contribution in [-0.4, -0.2) is 36.4 Å². The van der Waals surface area contributed by atoms with Crippen LogP contribution < -0.4 is 15.5 Å². The molecule has 6 nitrogen and oxygen atoms in total. The number of carbonyl (C=O) groups excluding carboxylic acids is 1. The number of piperidine rings is 1. The molecule has 1 aliphatic heterocycles. The van der Waals surface area contributed by atoms with Gasteiger partial charge < -0.3 is 15.5 Å². The average molecular weight is 379 g/mol. The second-order valence-corrected chi connectivity index (χ2v) is 6.26. The van der Waals surface area contributed by atoms with Crippen molar-refractivity contribution in [2.24, 2.45) is 0 Å². The van der Waals surface area contributed by atoms with E-state index >= 15 is 0 Å². The van der Waals surface area contributed by atoms with Gasteiger partial charge in [0, 0.05) is 45.9 Å². The van der Waals surface area contributed by atoms with Crippen LogP contribution in [0.3, 0.4) is 0 Å². The molecule has 0 aliphatic carbocycles. The SMILES string of the molecule is CNC(=O)NCc1cc(C)c(F)cc1F.[HH].c1cnnc(N2CCCCC2)c1. The maximum atomic E-state index is 13.2. The molecule has 3 rings (SSSR count). The van der Waals surface area contributed by atoms with Crippen LogP contribution in [0, 0.1) is 18.6 Å². The maximum Gasteiger partial charge on any atom is 0.314 e. The van der Waals surface area contributed by atoms with Gasteiger partial charge in [-0.05, 0) is 49.9 Å². The Bertz CT molecular complexity index is 743. The first-order valence-corrected chi connectivity index (χ1v) is 8.94. The topological polar surface area (TPSA) is 70.1 Å². The molecule has 1 aliphatic rings. The molecular weight excluding hydrogens is 352 g/mol. The van der Waals surface area contributed by atoms with Gasteiger partial charge in [-0.25, -0.2) is 13.6 Å². The lowest BCUT2D eigenvalue weighted by molar-refractivity contribution is 0.242. The summed E-state index contributed by atoms with van der Waals surface area (Å²) in [5.74, 6) is -0.220. The van der Waals surface area contributed by atoms with Crippen LogP contribution in [0.25, 0.3) is 0 Å². The van der Waals surface area contributed by atoms with Crippen molar-refractivity contribution in [1.29, 1.82) is 0 Å². The summed E-state index contributed by atoms with van der Waals surface area (Å²) in [6.07, 6.45) is 5.65. The van der Waals surface area contributed by atoms with Crippen LogP contribution in [0.2, 0.25) is 0 Å². The summed E-state index contributed by atoms with van der Waals surface area (Å²) >= 11 is 0. The standard InChI is InChI=1S/C10H12F2N2O.C9H13N3.H2/c1-6-3-7(5-14-10(15)13-2)9(12)4-8(6)11;1-2-7-12(8-3-1)9-5-4-6-10-11-9;/h3-4H,5H2,1-2H3,(H2,13,14,15);4-6H,1-3,7-8H2;1H. The molecule has 2 N–H and O–H groups in total. The number of hydrogen-bond donors (Lipinski definition) is 2. The largest absolute Gasteiger partial charge is 0.355 e. The molecule has 1 fully saturated rings. The molecular formula is C19H27F2N5O. The summed E-state index contributed by atoms with van der Waals surface area (Å²) in [6, 6.07) is 5.75. The van der Waals surface area contributed by atoms with Gasteiger partial charge in [0.05, 0.1) is 0 Å². The van der Waals surface area contributed by atoms with E-state index in [1.54, 1.807) is 6.20 Å². The second kappa shape index (κ2) is 10.4. The normalized spacial score (nSPS) is 13.4. The number of amides is 2. The first-order chi connectivity index (χ1) is 13.0. The molecule has 1 aromatic heterocycles. The number of halogens is 2. The monoisotopic (exact) mass is 379 g/mol. The second-order valence-electron chi connectivity index (χ2n) is 6.26. The van der Waals surface area contributed by atoms with E-state index in [1.807, 2.05) is 12.1 Å². The highest BCUT2D eigenvalue weighted by Crippen LogP contribution is 2.15. The van der Waals surface area contributed by atoms with Crippen LogP contribution in [0.5, 0.6) is 0 Å². The van der Waals surface area contributed by atoms with E-state index in [4.69, 9.17) is 0 Å². The van der Waals surface area contributed by atoms with Gasteiger partial charge >= 0.3 is 6.03 Å². The first-order valence-electron chi connectivity index (χ1n) is 8.94. The molecule has 8 heteroatoms. The highest BCUT2D eigenvalue weighted by atomic mass is 19.1. The summed E-state index contributed by atoms with van der Waals surface area (Å²) in [5.41, 5.74) is 0.614. The smallest absolute Gasteiger partial charge is 0.314 e. The summed E-state index contributed by atoms with van der Waals surface area (Å²) in [6.45, 7) is 3.85. The van der Waals surface area contributed by atoms with Gasteiger partial charge in [-0.3, -0.25) is 0 Å². The predicted octanol–water partition coefficient (Wildman–Crippen LogP) is 3.42. The van der Waals surface area contributed by atoms with E-state index in [9.17, 15) is 13.6 Å². The number of carbonyl (C=O) groups is 1. The lowest BCUT2D eigenvalue weighted by Crippen LogP contribution is -2.32. The molecule has 1 aromatic carbocycles. The summed E-state index contributed by atoms with van der Waals surface area (Å²) in [7, 11) is 1.46. The minimum Gasteiger partial charge on any atom is -0.355 e. The van der Waals surface area contributed by atoms with E-state index in [0.717, 1.165) is 25.0 Å². The van der Waals surface area contributed by atoms with Gasteiger partial charge in [0.2, 0.25) is 0 Å². The fraction of sp³-hybridized carbons (Fsp3) is 0.421. The summed E-state index contributed by atoms with van der Waals surface area (Å²) in [5, 5.41) is 12.7. The zero-order chi connectivity index (χ0) is 19.6. The highest BCUT2D eigenvalue weighted by Gasteiger charge is 2.11. The molecule has 0 unspecified atom stereocenters. The molecule has 0 atom stereocenters. The molecule has 2 aromatic rings. The number of nitrogens with zero attached hydrogens (tertiary/aromatic N) is 3. The van der Waals surface area contributed by atoms with Crippen molar-refractivity contribution < 1.29 is 15.0 Å². The number of nitrogens with one attached hydrogen (secondary N) is 2. The Labute approximate surface area is 159 Å². The fourth-order valence-electron chi connectivity index (χ4n) is 2.70. The van der Waals surface area contributed by atoms with Crippen molar-refractivity contribution in [3.8, 4) is 0 Å². The Morgan fingerprint density at radius 3 is 2.59 bits per heavy atom. The number of anilines is 1. The van der Waals surface area contributed by atoms with Crippen LogP contribution in [0.15, 0.2) is 30.5 Å². The molecule has 0 saturated carbocycles. The van der Waals surface area contributed by atoms with Crippen LogP contribution in [0.4, 0.5) is 19.4 Å². The van der Waals surface area contributed by atoms with Crippen molar-refractivity contribution >= 4 is 11.8 Å². The van der Waals surface area contributed by atoms with E-state index < -0.39 is 17.7 Å². The number of aromatic nitrogens is 2. The molecule has 2 amide bonds. The van der Waals surface area contributed by atoms with E-state index in [-0.39, 0.29) is 13.5 Å². The first kappa shape index (κ1) is 20.5. The van der Waals surface area contributed by atoms with Crippen molar-refractivity contribution in [2.45, 2.75) is 32.7 Å². The lowest BCUT2D eigenvalue weighted by atomic mass is 10.1. The molecule has 0 spiro atoms. The Balaban J connectivity index is 0.000000275. The zero-order valence-corrected chi connectivity index (χ0v) is 15.6. The van der Waals surface area contributed by atoms with Gasteiger partial charge in [0.25, 0.3) is 0 Å². The van der Waals surface area contributed by atoms with Crippen LogP contribution in [-0.2, 0) is 6.54 Å². The Morgan fingerprint density at radius 1 is 1.22 bits per heavy atom. The van der Waals surface area contributed by atoms with Gasteiger partial charge in [0.1, 0.15) is 11.6 Å². The molecule has 0 bridgehead atoms. The van der Waals surface area contributed by atoms with Gasteiger partial charge in [0.15, 0.2) is 5.82 Å². The quantitative estimate of drug-likeness (QED) is 0.857. The molecule has 1 saturated heterocycles. The van der Waals surface area contributed by atoms with Gasteiger partial charge in [-0.2, -0.15) is 5.10 Å². The van der Waals surface area contributed by atoms with Crippen LogP contribution in [0.1, 0.15) is 31.8 Å². The van der Waals surface area contributed by atoms with E-state index in [1.165, 1.54) is 39.3 Å². The van der Waals surface area contributed by atoms with Crippen molar-refractivity contribution in [3.05, 3.63) is 53.2 Å². The molecule has 0 radical (unpaired) electrons. The third kappa shape index (κ3) is 6.47. The highest BCUT2D eigenvalue weighted by molar-refractivity contribution is 5.73. The maximum absolute atomic E-state index is 13.2. The molecule has 27 heavy (non-hydrogen) atoms. The minimum atomic E-state index is -0.658. The van der Waals surface area contributed by atoms with Crippen molar-refractivity contribution in [3.63, 3.8) is 0 Å². The lowest BCUT2D eigenvalue weighted by Gasteiger charge is -2.26. The third-order valence-electron chi connectivity index (χ3n) is 4.23. The van der Waals surface area contributed by atoms with Crippen LogP contribution >= 0.6 is 0 Å². The third-order valence-corrected chi connectivity index (χ3v) is 4.23. The van der Waals surface area contributed by atoms with E-state index in [0.29, 0.717) is 5.56 Å².